The number of benzene rings is 1. The minimum Gasteiger partial charge on any atom is -0.435 e. The molecule has 0 amide bonds. The Bertz CT molecular complexity index is 966. The molecule has 0 radical (unpaired) electrons. The monoisotopic (exact) mass is 385 g/mol. The number of alkyl halides is 5. The van der Waals surface area contributed by atoms with Crippen LogP contribution in [-0.4, -0.2) is 21.4 Å². The molecule has 0 fully saturated rings. The van der Waals surface area contributed by atoms with E-state index in [2.05, 4.69) is 14.8 Å². The van der Waals surface area contributed by atoms with Crippen LogP contribution in [0.4, 0.5) is 22.0 Å². The van der Waals surface area contributed by atoms with E-state index in [0.717, 1.165) is 6.07 Å². The molecule has 0 bridgehead atoms. The molecule has 0 aliphatic carbocycles. The summed E-state index contributed by atoms with van der Waals surface area (Å²) in [7, 11) is 0. The zero-order valence-corrected chi connectivity index (χ0v) is 14.5. The highest BCUT2D eigenvalue weighted by Gasteiger charge is 2.35. The van der Waals surface area contributed by atoms with Gasteiger partial charge in [0, 0.05) is 12.1 Å². The molecule has 144 valence electrons. The molecule has 3 aromatic rings. The van der Waals surface area contributed by atoms with Crippen molar-refractivity contribution in [3.05, 3.63) is 41.6 Å². The molecule has 0 unspecified atom stereocenters. The van der Waals surface area contributed by atoms with Gasteiger partial charge < -0.3 is 4.74 Å². The summed E-state index contributed by atoms with van der Waals surface area (Å²) < 4.78 is 71.6. The summed E-state index contributed by atoms with van der Waals surface area (Å²) >= 11 is 0. The number of fused-ring (bicyclic) bond motifs is 1. The molecule has 9 heteroatoms. The second-order valence-corrected chi connectivity index (χ2v) is 5.97. The number of rotatable bonds is 5. The predicted octanol–water partition coefficient (Wildman–Crippen LogP) is 5.44. The second kappa shape index (κ2) is 7.13. The highest BCUT2D eigenvalue weighted by molar-refractivity contribution is 5.85. The zero-order valence-electron chi connectivity index (χ0n) is 14.5. The number of pyridine rings is 1. The molecule has 0 aliphatic heterocycles. The van der Waals surface area contributed by atoms with Gasteiger partial charge in [-0.2, -0.15) is 27.1 Å². The van der Waals surface area contributed by atoms with Crippen LogP contribution in [0, 0.1) is 6.92 Å². The summed E-state index contributed by atoms with van der Waals surface area (Å²) in [4.78, 5) is 4.34. The molecular weight excluding hydrogens is 369 g/mol. The van der Waals surface area contributed by atoms with E-state index < -0.39 is 18.4 Å². The Morgan fingerprint density at radius 3 is 2.56 bits per heavy atom. The Morgan fingerprint density at radius 1 is 1.19 bits per heavy atom. The zero-order chi connectivity index (χ0) is 19.8. The van der Waals surface area contributed by atoms with Gasteiger partial charge in [0.15, 0.2) is 5.65 Å². The van der Waals surface area contributed by atoms with Gasteiger partial charge in [0.05, 0.1) is 22.3 Å². The first-order chi connectivity index (χ1) is 12.7. The second-order valence-electron chi connectivity index (χ2n) is 5.97. The van der Waals surface area contributed by atoms with Crippen LogP contribution >= 0.6 is 0 Å². The predicted molar refractivity (Wildman–Crippen MR) is 89.6 cm³/mol. The van der Waals surface area contributed by atoms with Gasteiger partial charge >= 0.3 is 12.8 Å². The fraction of sp³-hybridized carbons (Fsp3) is 0.333. The Kier molecular flexibility index (Phi) is 5.03. The third kappa shape index (κ3) is 3.86. The minimum atomic E-state index is -4.61. The molecule has 4 nitrogen and oxygen atoms in total. The van der Waals surface area contributed by atoms with Crippen molar-refractivity contribution in [3.63, 3.8) is 0 Å². The highest BCUT2D eigenvalue weighted by atomic mass is 19.4. The van der Waals surface area contributed by atoms with Gasteiger partial charge in [-0.25, -0.2) is 9.67 Å². The Labute approximate surface area is 151 Å². The van der Waals surface area contributed by atoms with Crippen LogP contribution in [0.1, 0.15) is 24.6 Å². The van der Waals surface area contributed by atoms with Crippen LogP contribution in [0.25, 0.3) is 22.3 Å². The number of ether oxygens (including phenoxy) is 1. The summed E-state index contributed by atoms with van der Waals surface area (Å²) in [6, 6.07) is 6.34. The van der Waals surface area contributed by atoms with E-state index in [1.54, 1.807) is 0 Å². The molecule has 0 spiro atoms. The van der Waals surface area contributed by atoms with E-state index in [4.69, 9.17) is 0 Å². The van der Waals surface area contributed by atoms with E-state index in [9.17, 15) is 22.0 Å². The van der Waals surface area contributed by atoms with Crippen molar-refractivity contribution in [3.8, 4) is 17.0 Å². The third-order valence-corrected chi connectivity index (χ3v) is 3.97. The van der Waals surface area contributed by atoms with Gasteiger partial charge in [-0.3, -0.25) is 0 Å². The Hall–Kier alpha value is -2.71. The van der Waals surface area contributed by atoms with Gasteiger partial charge in [0.25, 0.3) is 0 Å². The van der Waals surface area contributed by atoms with Gasteiger partial charge in [-0.15, -0.1) is 0 Å². The van der Waals surface area contributed by atoms with Crippen molar-refractivity contribution in [1.82, 2.24) is 14.8 Å². The molecular formula is C18H16F5N3O. The number of nitrogens with zero attached hydrogens (tertiary/aromatic N) is 3. The van der Waals surface area contributed by atoms with E-state index in [1.165, 1.54) is 35.9 Å². The van der Waals surface area contributed by atoms with E-state index >= 15 is 0 Å². The summed E-state index contributed by atoms with van der Waals surface area (Å²) in [6.45, 7) is 0.757. The number of hydrogen-bond acceptors (Lipinski definition) is 3. The van der Waals surface area contributed by atoms with Crippen LogP contribution in [0.2, 0.25) is 0 Å². The molecule has 0 aliphatic rings. The topological polar surface area (TPSA) is 39.9 Å². The van der Waals surface area contributed by atoms with Gasteiger partial charge in [0.1, 0.15) is 5.75 Å². The van der Waals surface area contributed by atoms with Crippen molar-refractivity contribution in [1.29, 1.82) is 0 Å². The average molecular weight is 385 g/mol. The molecule has 2 heterocycles. The van der Waals surface area contributed by atoms with Gasteiger partial charge in [-0.1, -0.05) is 19.1 Å². The largest absolute Gasteiger partial charge is 0.435 e. The number of halogens is 5. The fourth-order valence-electron chi connectivity index (χ4n) is 2.92. The maximum absolute atomic E-state index is 13.7. The molecule has 2 aromatic heterocycles. The van der Waals surface area contributed by atoms with E-state index in [1.807, 2.05) is 6.92 Å². The smallest absolute Gasteiger partial charge is 0.417 e. The summed E-state index contributed by atoms with van der Waals surface area (Å²) in [5.74, 6) is -0.156. The summed E-state index contributed by atoms with van der Waals surface area (Å²) in [5, 5.41) is 4.12. The van der Waals surface area contributed by atoms with Crippen LogP contribution in [0.15, 0.2) is 30.3 Å². The number of aryl methyl sites for hydroxylation is 2. The first-order valence-electron chi connectivity index (χ1n) is 8.21. The minimum absolute atomic E-state index is 0.00629. The molecule has 1 aromatic carbocycles. The maximum Gasteiger partial charge on any atom is 0.417 e. The summed E-state index contributed by atoms with van der Waals surface area (Å²) in [6.07, 6.45) is -3.95. The Morgan fingerprint density at radius 2 is 1.93 bits per heavy atom. The SMILES string of the molecule is CCCn1nc(C)c2c(C(F)(F)F)cc(-c3cccc(OC(F)F)c3)nc21. The Balaban J connectivity index is 2.24. The maximum atomic E-state index is 13.7. The standard InChI is InChI=1S/C18H16F5N3O/c1-3-7-26-16-15(10(2)25-26)13(18(21,22)23)9-14(24-16)11-5-4-6-12(8-11)27-17(19)20/h4-6,8-9,17H,3,7H2,1-2H3. The first kappa shape index (κ1) is 19.1. The van der Waals surface area contributed by atoms with Crippen molar-refractivity contribution in [2.45, 2.75) is 39.6 Å². The lowest BCUT2D eigenvalue weighted by Crippen LogP contribution is -2.08. The van der Waals surface area contributed by atoms with Crippen LogP contribution in [0.3, 0.4) is 0 Å². The van der Waals surface area contributed by atoms with E-state index in [-0.39, 0.29) is 33.7 Å². The molecule has 0 saturated carbocycles. The van der Waals surface area contributed by atoms with Gasteiger partial charge in [0.2, 0.25) is 0 Å². The molecule has 0 N–H and O–H groups in total. The van der Waals surface area contributed by atoms with Crippen molar-refractivity contribution < 1.29 is 26.7 Å². The molecule has 0 saturated heterocycles. The van der Waals surface area contributed by atoms with Crippen LogP contribution < -0.4 is 4.74 Å². The van der Waals surface area contributed by atoms with E-state index in [0.29, 0.717) is 13.0 Å². The molecule has 27 heavy (non-hydrogen) atoms. The number of hydrogen-bond donors (Lipinski definition) is 0. The first-order valence-corrected chi connectivity index (χ1v) is 8.21. The van der Waals surface area contributed by atoms with Crippen molar-refractivity contribution >= 4 is 11.0 Å². The third-order valence-electron chi connectivity index (χ3n) is 3.97. The summed E-state index contributed by atoms with van der Waals surface area (Å²) in [5.41, 5.74) is -0.268. The van der Waals surface area contributed by atoms with Crippen LogP contribution in [0.5, 0.6) is 5.75 Å². The number of aromatic nitrogens is 3. The normalized spacial score (nSPS) is 12.1. The average Bonchev–Trinajstić information content (AvgIpc) is 2.89. The molecule has 3 rings (SSSR count). The van der Waals surface area contributed by atoms with Crippen molar-refractivity contribution in [2.75, 3.05) is 0 Å². The highest BCUT2D eigenvalue weighted by Crippen LogP contribution is 2.38. The fourth-order valence-corrected chi connectivity index (χ4v) is 2.92. The van der Waals surface area contributed by atoms with Gasteiger partial charge in [-0.05, 0) is 31.5 Å². The lowest BCUT2D eigenvalue weighted by atomic mass is 10.0. The van der Waals surface area contributed by atoms with Crippen molar-refractivity contribution in [2.24, 2.45) is 0 Å². The quantitative estimate of drug-likeness (QED) is 0.550. The molecule has 0 atom stereocenters. The van der Waals surface area contributed by atoms with Crippen LogP contribution in [-0.2, 0) is 12.7 Å². The lowest BCUT2D eigenvalue weighted by molar-refractivity contribution is -0.136. The lowest BCUT2D eigenvalue weighted by Gasteiger charge is -2.12.